The van der Waals surface area contributed by atoms with Gasteiger partial charge in [0.15, 0.2) is 13.4 Å². The van der Waals surface area contributed by atoms with Crippen molar-refractivity contribution in [2.24, 2.45) is 11.8 Å². The molecule has 0 heterocycles. The second-order valence-corrected chi connectivity index (χ2v) is 18.4. The number of benzene rings is 1. The molecular formula is C48H65B3. The summed E-state index contributed by atoms with van der Waals surface area (Å²) in [7, 11) is 0. The molecule has 0 amide bonds. The number of hydrogen-bond donors (Lipinski definition) is 0. The van der Waals surface area contributed by atoms with Crippen molar-refractivity contribution in [2.75, 3.05) is 0 Å². The molecule has 0 saturated carbocycles. The third-order valence-electron chi connectivity index (χ3n) is 14.3. The summed E-state index contributed by atoms with van der Waals surface area (Å²) >= 11 is 0. The highest BCUT2D eigenvalue weighted by Crippen LogP contribution is 2.52. The summed E-state index contributed by atoms with van der Waals surface area (Å²) in [6.45, 7) is 15.9. The van der Waals surface area contributed by atoms with Gasteiger partial charge in [-0.2, -0.15) is 0 Å². The van der Waals surface area contributed by atoms with E-state index in [9.17, 15) is 0 Å². The molecule has 51 heavy (non-hydrogen) atoms. The average Bonchev–Trinajstić information content (AvgIpc) is 3.13. The predicted octanol–water partition coefficient (Wildman–Crippen LogP) is 13.3. The number of rotatable bonds is 9. The van der Waals surface area contributed by atoms with Crippen LogP contribution in [-0.2, 0) is 0 Å². The highest BCUT2D eigenvalue weighted by molar-refractivity contribution is 6.82. The van der Waals surface area contributed by atoms with E-state index in [1.807, 2.05) is 5.47 Å². The van der Waals surface area contributed by atoms with Crippen LogP contribution in [0.4, 0.5) is 0 Å². The van der Waals surface area contributed by atoms with E-state index >= 15 is 0 Å². The molecule has 0 fully saturated rings. The van der Waals surface area contributed by atoms with Gasteiger partial charge in [0, 0.05) is 0 Å². The van der Waals surface area contributed by atoms with E-state index in [1.54, 1.807) is 22.0 Å². The minimum absolute atomic E-state index is 0.521. The van der Waals surface area contributed by atoms with Gasteiger partial charge in [-0.05, 0) is 128 Å². The third-order valence-corrected chi connectivity index (χ3v) is 14.3. The van der Waals surface area contributed by atoms with Gasteiger partial charge in [0.2, 0.25) is 6.71 Å². The Morgan fingerprint density at radius 1 is 0.549 bits per heavy atom. The molecule has 1 aromatic carbocycles. The highest BCUT2D eigenvalue weighted by atomic mass is 14.3. The van der Waals surface area contributed by atoms with Gasteiger partial charge in [-0.3, -0.25) is 0 Å². The molecule has 0 N–H and O–H groups in total. The maximum atomic E-state index is 2.96. The van der Waals surface area contributed by atoms with Crippen molar-refractivity contribution in [1.82, 2.24) is 0 Å². The standard InChI is InChI=1S/C48H65B3/c1-34-7-19-40(20-8-34)49(41-21-9-35(2)10-22-41)46-31-47(50(42-23-11-36(3)12-24-42)43-25-13-37(4)14-26-43)33-48(32-46)51(44-27-15-38(5)16-28-44)45-29-17-39(6)18-30-45/h7-12,15,19,21,23-25,29,32,37,39-41,44,47-48H,13-14,16-18,20,22,26-28,30-31,33H2,1-6H3. The molecule has 0 nitrogen and oxygen atoms in total. The molecule has 0 bridgehead atoms. The monoisotopic (exact) mass is 675 g/mol. The second kappa shape index (κ2) is 16.6. The maximum Gasteiger partial charge on any atom is 0.207 e. The number of aryl methyl sites for hydroxylation is 1. The van der Waals surface area contributed by atoms with E-state index in [-0.39, 0.29) is 0 Å². The molecule has 0 aliphatic heterocycles. The van der Waals surface area contributed by atoms with Crippen LogP contribution in [0.3, 0.4) is 0 Å². The number of hydrogen-bond acceptors (Lipinski definition) is 0. The largest absolute Gasteiger partial charge is 0.207 e. The second-order valence-electron chi connectivity index (χ2n) is 18.4. The molecule has 6 aliphatic rings. The molecule has 7 unspecified atom stereocenters. The van der Waals surface area contributed by atoms with Gasteiger partial charge in [0.25, 0.3) is 0 Å². The summed E-state index contributed by atoms with van der Waals surface area (Å²) in [5, 5.41) is 0. The van der Waals surface area contributed by atoms with Gasteiger partial charge in [-0.15, -0.1) is 10.9 Å². The van der Waals surface area contributed by atoms with Crippen LogP contribution in [0, 0.1) is 18.8 Å². The van der Waals surface area contributed by atoms with Gasteiger partial charge in [-0.1, -0.05) is 157 Å². The fraction of sp³-hybridized carbons (Fsp3) is 0.542. The molecule has 0 spiro atoms. The maximum absolute atomic E-state index is 2.96. The first kappa shape index (κ1) is 36.7. The minimum Gasteiger partial charge on any atom is -0.104 e. The zero-order valence-electron chi connectivity index (χ0n) is 33.0. The van der Waals surface area contributed by atoms with Crippen LogP contribution in [0.5, 0.6) is 0 Å². The molecule has 7 atom stereocenters. The van der Waals surface area contributed by atoms with Gasteiger partial charge < -0.3 is 0 Å². The Bertz CT molecular complexity index is 1610. The van der Waals surface area contributed by atoms with Crippen molar-refractivity contribution in [2.45, 2.75) is 154 Å². The lowest BCUT2D eigenvalue weighted by Gasteiger charge is -2.44. The summed E-state index contributed by atoms with van der Waals surface area (Å²) in [6.07, 6.45) is 42.8. The molecule has 0 saturated heterocycles. The Hall–Kier alpha value is -2.67. The normalized spacial score (nSPS) is 31.1. The van der Waals surface area contributed by atoms with Gasteiger partial charge >= 0.3 is 0 Å². The van der Waals surface area contributed by atoms with Crippen molar-refractivity contribution >= 4 is 25.6 Å². The van der Waals surface area contributed by atoms with E-state index in [4.69, 9.17) is 0 Å². The Morgan fingerprint density at radius 2 is 1.18 bits per heavy atom. The van der Waals surface area contributed by atoms with Gasteiger partial charge in [0.1, 0.15) is 0 Å². The zero-order valence-corrected chi connectivity index (χ0v) is 33.0. The average molecular weight is 674 g/mol. The van der Waals surface area contributed by atoms with E-state index < -0.39 is 0 Å². The first-order valence-corrected chi connectivity index (χ1v) is 21.2. The van der Waals surface area contributed by atoms with Crippen LogP contribution in [-0.4, -0.2) is 20.1 Å². The Balaban J connectivity index is 1.35. The SMILES string of the molecule is CC1=CCC(B(C2=CC(B(C3=CCC(C)CC3)C3CC=C(C)CC3)CC(B(C3=CCC(C)CC3)c3ccc(C)cc3)C2)C2C=CC(C)=CC2)C=C1. The lowest BCUT2D eigenvalue weighted by Crippen LogP contribution is -2.44. The van der Waals surface area contributed by atoms with E-state index in [2.05, 4.69) is 127 Å². The zero-order chi connectivity index (χ0) is 35.5. The molecule has 7 rings (SSSR count). The van der Waals surface area contributed by atoms with Crippen molar-refractivity contribution in [1.29, 1.82) is 0 Å². The summed E-state index contributed by atoms with van der Waals surface area (Å²) in [4.78, 5) is 0. The molecule has 6 aliphatic carbocycles. The van der Waals surface area contributed by atoms with Crippen LogP contribution >= 0.6 is 0 Å². The fourth-order valence-electron chi connectivity index (χ4n) is 11.1. The molecule has 1 aromatic rings. The molecule has 3 heteroatoms. The Morgan fingerprint density at radius 3 is 1.71 bits per heavy atom. The van der Waals surface area contributed by atoms with Crippen LogP contribution < -0.4 is 5.46 Å². The molecule has 0 radical (unpaired) electrons. The van der Waals surface area contributed by atoms with Crippen LogP contribution in [0.25, 0.3) is 0 Å². The molecule has 0 aromatic heterocycles. The van der Waals surface area contributed by atoms with Gasteiger partial charge in [0.05, 0.1) is 0 Å². The quantitative estimate of drug-likeness (QED) is 0.181. The topological polar surface area (TPSA) is 0 Å². The van der Waals surface area contributed by atoms with Crippen molar-refractivity contribution in [3.8, 4) is 0 Å². The van der Waals surface area contributed by atoms with E-state index in [1.165, 1.54) is 100 Å². The first-order valence-electron chi connectivity index (χ1n) is 21.2. The summed E-state index contributed by atoms with van der Waals surface area (Å²) in [5.41, 5.74) is 12.8. The summed E-state index contributed by atoms with van der Waals surface area (Å²) < 4.78 is 0. The van der Waals surface area contributed by atoms with Crippen molar-refractivity contribution in [3.05, 3.63) is 124 Å². The van der Waals surface area contributed by atoms with Crippen molar-refractivity contribution < 1.29 is 0 Å². The lowest BCUT2D eigenvalue weighted by molar-refractivity contribution is 0.518. The lowest BCUT2D eigenvalue weighted by atomic mass is 9.20. The Labute approximate surface area is 314 Å². The van der Waals surface area contributed by atoms with E-state index in [0.29, 0.717) is 43.4 Å². The smallest absolute Gasteiger partial charge is 0.104 e. The van der Waals surface area contributed by atoms with Gasteiger partial charge in [-0.25, -0.2) is 0 Å². The van der Waals surface area contributed by atoms with Crippen LogP contribution in [0.2, 0.25) is 29.1 Å². The Kier molecular flexibility index (Phi) is 11.9. The molecular weight excluding hydrogens is 609 g/mol. The highest BCUT2D eigenvalue weighted by Gasteiger charge is 2.45. The molecule has 266 valence electrons. The van der Waals surface area contributed by atoms with Crippen molar-refractivity contribution in [3.63, 3.8) is 0 Å². The first-order chi connectivity index (χ1) is 24.7. The fourth-order valence-corrected chi connectivity index (χ4v) is 11.1. The summed E-state index contributed by atoms with van der Waals surface area (Å²) in [6, 6.07) is 9.81. The third kappa shape index (κ3) is 8.77. The summed E-state index contributed by atoms with van der Waals surface area (Å²) in [5.74, 6) is 4.80. The van der Waals surface area contributed by atoms with Crippen LogP contribution in [0.15, 0.2) is 118 Å². The number of allylic oxidation sites excluding steroid dienone is 16. The van der Waals surface area contributed by atoms with E-state index in [0.717, 1.165) is 17.7 Å². The predicted molar refractivity (Wildman–Crippen MR) is 229 cm³/mol. The minimum atomic E-state index is 0.521. The van der Waals surface area contributed by atoms with Crippen LogP contribution in [0.1, 0.15) is 124 Å².